The summed E-state index contributed by atoms with van der Waals surface area (Å²) in [5.74, 6) is 0.130. The lowest BCUT2D eigenvalue weighted by Gasteiger charge is -2.09. The van der Waals surface area contributed by atoms with E-state index in [1.165, 1.54) is 5.56 Å². The van der Waals surface area contributed by atoms with Crippen LogP contribution in [0, 0.1) is 13.8 Å². The molecule has 3 nitrogen and oxygen atoms in total. The number of pyridine rings is 1. The molecule has 0 fully saturated rings. The molecule has 0 radical (unpaired) electrons. The molecule has 2 aromatic heterocycles. The average molecular weight is 420 g/mol. The molecule has 3 aromatic rings. The molecule has 0 atom stereocenters. The number of benzene rings is 1. The number of aromatic nitrogens is 2. The summed E-state index contributed by atoms with van der Waals surface area (Å²) in [7, 11) is 0. The van der Waals surface area contributed by atoms with Gasteiger partial charge in [0.2, 0.25) is 12.3 Å². The highest BCUT2D eigenvalue weighted by Crippen LogP contribution is 2.18. The number of hydrogen-bond acceptors (Lipinski definition) is 1. The smallest absolute Gasteiger partial charge is 0.229 e. The summed E-state index contributed by atoms with van der Waals surface area (Å²) in [6.07, 6.45) is 3.83. The summed E-state index contributed by atoms with van der Waals surface area (Å²) < 4.78 is 5.07. The van der Waals surface area contributed by atoms with E-state index in [1.54, 1.807) is 0 Å². The highest BCUT2D eigenvalue weighted by Gasteiger charge is 2.19. The maximum absolute atomic E-state index is 12.7. The van der Waals surface area contributed by atoms with Gasteiger partial charge in [0.1, 0.15) is 0 Å². The molecule has 0 spiro atoms. The van der Waals surface area contributed by atoms with E-state index in [0.29, 0.717) is 6.54 Å². The lowest BCUT2D eigenvalue weighted by molar-refractivity contribution is -0.683. The van der Waals surface area contributed by atoms with E-state index in [4.69, 9.17) is 0 Å². The monoisotopic (exact) mass is 418 g/mol. The van der Waals surface area contributed by atoms with Gasteiger partial charge in [-0.1, -0.05) is 30.3 Å². The van der Waals surface area contributed by atoms with E-state index < -0.39 is 0 Å². The Bertz CT molecular complexity index is 875. The van der Waals surface area contributed by atoms with Crippen molar-refractivity contribution in [3.05, 3.63) is 87.9 Å². The number of carbonyl (C=O) groups is 1. The van der Waals surface area contributed by atoms with Gasteiger partial charge in [0.25, 0.3) is 0 Å². The average Bonchev–Trinajstić information content (AvgIpc) is 2.84. The fourth-order valence-corrected chi connectivity index (χ4v) is 3.35. The van der Waals surface area contributed by atoms with Crippen LogP contribution in [-0.2, 0) is 13.1 Å². The van der Waals surface area contributed by atoms with E-state index in [0.717, 1.165) is 28.0 Å². The number of Topliss-reactive ketones (excluding diaryl/α,β-unsaturated/α-hetero) is 1. The van der Waals surface area contributed by atoms with E-state index in [9.17, 15) is 4.79 Å². The number of rotatable bonds is 5. The molecule has 0 aliphatic carbocycles. The first-order valence-corrected chi connectivity index (χ1v) is 8.72. The van der Waals surface area contributed by atoms with Crippen molar-refractivity contribution in [1.29, 1.82) is 0 Å². The van der Waals surface area contributed by atoms with Crippen LogP contribution in [0.15, 0.2) is 65.4 Å². The Morgan fingerprint density at radius 1 is 1.12 bits per heavy atom. The first kappa shape index (κ1) is 19.4. The van der Waals surface area contributed by atoms with Crippen LogP contribution < -0.4 is 17.0 Å². The van der Waals surface area contributed by atoms with Crippen LogP contribution in [0.5, 0.6) is 0 Å². The maximum Gasteiger partial charge on any atom is 0.229 e. The Hall–Kier alpha value is -1.91. The summed E-state index contributed by atoms with van der Waals surface area (Å²) >= 11 is 3.44. The SMILES string of the molecule is Cc1cc(C(=O)C[n+]2cccc(Br)c2)c(C)n1Cc1ccccc1.[Cl-]. The van der Waals surface area contributed by atoms with Crippen molar-refractivity contribution < 1.29 is 21.8 Å². The second-order valence-electron chi connectivity index (χ2n) is 5.97. The number of aryl methyl sites for hydroxylation is 1. The molecule has 5 heteroatoms. The Morgan fingerprint density at radius 2 is 1.84 bits per heavy atom. The van der Waals surface area contributed by atoms with Gasteiger partial charge in [0, 0.05) is 29.6 Å². The van der Waals surface area contributed by atoms with Crippen LogP contribution in [0.2, 0.25) is 0 Å². The summed E-state index contributed by atoms with van der Waals surface area (Å²) in [5.41, 5.74) is 4.17. The largest absolute Gasteiger partial charge is 1.00 e. The molecule has 3 rings (SSSR count). The molecule has 1 aromatic carbocycles. The predicted octanol–water partition coefficient (Wildman–Crippen LogP) is 1.09. The maximum atomic E-state index is 12.7. The molecule has 0 bridgehead atoms. The normalized spacial score (nSPS) is 10.4. The third kappa shape index (κ3) is 4.59. The highest BCUT2D eigenvalue weighted by molar-refractivity contribution is 9.10. The van der Waals surface area contributed by atoms with Gasteiger partial charge >= 0.3 is 0 Å². The minimum Gasteiger partial charge on any atom is -1.00 e. The minimum atomic E-state index is 0. The second-order valence-corrected chi connectivity index (χ2v) is 6.89. The van der Waals surface area contributed by atoms with E-state index in [-0.39, 0.29) is 18.2 Å². The molecular formula is C20H20BrClN2O. The van der Waals surface area contributed by atoms with Gasteiger partial charge in [-0.15, -0.1) is 0 Å². The lowest BCUT2D eigenvalue weighted by Crippen LogP contribution is -3.00. The fraction of sp³-hybridized carbons (Fsp3) is 0.200. The van der Waals surface area contributed by atoms with Gasteiger partial charge in [-0.05, 0) is 47.5 Å². The summed E-state index contributed by atoms with van der Waals surface area (Å²) in [5, 5.41) is 0. The molecular weight excluding hydrogens is 400 g/mol. The van der Waals surface area contributed by atoms with Crippen LogP contribution >= 0.6 is 15.9 Å². The van der Waals surface area contributed by atoms with Crippen molar-refractivity contribution in [2.24, 2.45) is 0 Å². The zero-order chi connectivity index (χ0) is 17.1. The van der Waals surface area contributed by atoms with Crippen LogP contribution in [0.1, 0.15) is 27.3 Å². The molecule has 2 heterocycles. The standard InChI is InChI=1S/C20H20BrN2O.ClH/c1-15-11-19(20(24)14-22-10-6-9-18(21)13-22)16(2)23(15)12-17-7-4-3-5-8-17;/h3-11,13H,12,14H2,1-2H3;1H/q+1;/p-1. The molecule has 0 saturated heterocycles. The number of halogens is 2. The number of nitrogens with zero attached hydrogens (tertiary/aromatic N) is 2. The molecule has 0 aliphatic heterocycles. The van der Waals surface area contributed by atoms with Crippen LogP contribution in [0.4, 0.5) is 0 Å². The Balaban J connectivity index is 0.00000225. The molecule has 0 aliphatic rings. The molecule has 130 valence electrons. The van der Waals surface area contributed by atoms with Crippen molar-refractivity contribution in [3.8, 4) is 0 Å². The van der Waals surface area contributed by atoms with Crippen molar-refractivity contribution >= 4 is 21.7 Å². The quantitative estimate of drug-likeness (QED) is 0.449. The van der Waals surface area contributed by atoms with Gasteiger partial charge in [0.05, 0.1) is 4.47 Å². The third-order valence-electron chi connectivity index (χ3n) is 4.21. The molecule has 25 heavy (non-hydrogen) atoms. The van der Waals surface area contributed by atoms with Crippen LogP contribution in [0.3, 0.4) is 0 Å². The van der Waals surface area contributed by atoms with Crippen molar-refractivity contribution in [3.63, 3.8) is 0 Å². The Morgan fingerprint density at radius 3 is 2.52 bits per heavy atom. The summed E-state index contributed by atoms with van der Waals surface area (Å²) in [4.78, 5) is 12.7. The lowest BCUT2D eigenvalue weighted by atomic mass is 10.1. The van der Waals surface area contributed by atoms with E-state index in [1.807, 2.05) is 60.3 Å². The van der Waals surface area contributed by atoms with Gasteiger partial charge in [0.15, 0.2) is 12.4 Å². The number of carbonyl (C=O) groups excluding carboxylic acids is 1. The third-order valence-corrected chi connectivity index (χ3v) is 4.67. The predicted molar refractivity (Wildman–Crippen MR) is 98.1 cm³/mol. The van der Waals surface area contributed by atoms with Crippen molar-refractivity contribution in [2.45, 2.75) is 26.9 Å². The minimum absolute atomic E-state index is 0. The van der Waals surface area contributed by atoms with Gasteiger partial charge in [-0.25, -0.2) is 0 Å². The van der Waals surface area contributed by atoms with Crippen LogP contribution in [-0.4, -0.2) is 10.4 Å². The molecule has 0 unspecified atom stereocenters. The molecule has 0 amide bonds. The van der Waals surface area contributed by atoms with Gasteiger partial charge in [-0.2, -0.15) is 4.57 Å². The topological polar surface area (TPSA) is 25.9 Å². The van der Waals surface area contributed by atoms with E-state index in [2.05, 4.69) is 39.6 Å². The van der Waals surface area contributed by atoms with Gasteiger partial charge < -0.3 is 17.0 Å². The second kappa shape index (κ2) is 8.45. The Labute approximate surface area is 162 Å². The zero-order valence-electron chi connectivity index (χ0n) is 14.2. The highest BCUT2D eigenvalue weighted by atomic mass is 79.9. The fourth-order valence-electron chi connectivity index (χ4n) is 2.93. The first-order valence-electron chi connectivity index (χ1n) is 7.93. The van der Waals surface area contributed by atoms with Crippen molar-refractivity contribution in [1.82, 2.24) is 4.57 Å². The first-order chi connectivity index (χ1) is 11.5. The van der Waals surface area contributed by atoms with E-state index >= 15 is 0 Å². The molecule has 0 saturated carbocycles. The van der Waals surface area contributed by atoms with Gasteiger partial charge in [-0.3, -0.25) is 4.79 Å². The summed E-state index contributed by atoms with van der Waals surface area (Å²) in [6, 6.07) is 16.2. The number of hydrogen-bond donors (Lipinski definition) is 0. The summed E-state index contributed by atoms with van der Waals surface area (Å²) in [6.45, 7) is 5.21. The zero-order valence-corrected chi connectivity index (χ0v) is 16.6. The Kier molecular flexibility index (Phi) is 6.57. The van der Waals surface area contributed by atoms with Crippen molar-refractivity contribution in [2.75, 3.05) is 0 Å². The number of ketones is 1. The van der Waals surface area contributed by atoms with Crippen LogP contribution in [0.25, 0.3) is 0 Å². The molecule has 0 N–H and O–H groups in total.